The zero-order valence-electron chi connectivity index (χ0n) is 21.1. The van der Waals surface area contributed by atoms with E-state index < -0.39 is 0 Å². The Morgan fingerprint density at radius 2 is 1.59 bits per heavy atom. The van der Waals surface area contributed by atoms with E-state index in [0.717, 1.165) is 28.3 Å². The zero-order valence-corrected chi connectivity index (χ0v) is 21.9. The predicted octanol–water partition coefficient (Wildman–Crippen LogP) is 5.98. The normalized spacial score (nSPS) is 10.9. The van der Waals surface area contributed by atoms with E-state index in [1.165, 1.54) is 11.8 Å². The van der Waals surface area contributed by atoms with Crippen molar-refractivity contribution in [2.45, 2.75) is 5.16 Å². The minimum atomic E-state index is -0.265. The Hall–Kier alpha value is -4.89. The monoisotopic (exact) mass is 535 g/mol. The number of carbonyl (C=O) groups excluding carboxylic acids is 1. The number of rotatable bonds is 10. The van der Waals surface area contributed by atoms with E-state index in [9.17, 15) is 4.79 Å². The fourth-order valence-corrected chi connectivity index (χ4v) is 4.47. The van der Waals surface area contributed by atoms with Crippen molar-refractivity contribution >= 4 is 23.9 Å². The van der Waals surface area contributed by atoms with Gasteiger partial charge in [-0.1, -0.05) is 72.4 Å². The van der Waals surface area contributed by atoms with Gasteiger partial charge < -0.3 is 9.47 Å². The van der Waals surface area contributed by atoms with Gasteiger partial charge in [0.15, 0.2) is 11.0 Å². The lowest BCUT2D eigenvalue weighted by Crippen LogP contribution is -2.20. The summed E-state index contributed by atoms with van der Waals surface area (Å²) in [5.74, 6) is 2.70. The van der Waals surface area contributed by atoms with E-state index in [-0.39, 0.29) is 11.7 Å². The molecular weight excluding hydrogens is 510 g/mol. The number of hydrogen-bond acceptors (Lipinski definition) is 7. The van der Waals surface area contributed by atoms with Crippen LogP contribution in [0.2, 0.25) is 0 Å². The van der Waals surface area contributed by atoms with Gasteiger partial charge in [0.05, 0.1) is 19.1 Å². The molecule has 0 atom stereocenters. The smallest absolute Gasteiger partial charge is 0.250 e. The summed E-state index contributed by atoms with van der Waals surface area (Å²) in [6.07, 6.45) is 1.58. The van der Waals surface area contributed by atoms with Crippen LogP contribution in [0.5, 0.6) is 17.2 Å². The average Bonchev–Trinajstić information content (AvgIpc) is 3.41. The molecule has 1 aromatic heterocycles. The second-order valence-corrected chi connectivity index (χ2v) is 9.22. The highest BCUT2D eigenvalue weighted by atomic mass is 32.2. The molecule has 9 heteroatoms. The number of nitrogens with one attached hydrogen (secondary N) is 1. The molecule has 0 unspecified atom stereocenters. The first-order valence-corrected chi connectivity index (χ1v) is 13.1. The number of amides is 1. The molecule has 0 aliphatic carbocycles. The number of thioether (sulfide) groups is 1. The molecule has 4 aromatic carbocycles. The average molecular weight is 536 g/mol. The number of para-hydroxylation sites is 1. The summed E-state index contributed by atoms with van der Waals surface area (Å²) in [5.41, 5.74) is 5.15. The van der Waals surface area contributed by atoms with Gasteiger partial charge in [-0.3, -0.25) is 9.36 Å². The maximum absolute atomic E-state index is 12.6. The number of carbonyl (C=O) groups is 1. The van der Waals surface area contributed by atoms with E-state index in [0.29, 0.717) is 16.7 Å². The number of benzene rings is 4. The largest absolute Gasteiger partial charge is 0.497 e. The fourth-order valence-electron chi connectivity index (χ4n) is 3.73. The summed E-state index contributed by atoms with van der Waals surface area (Å²) >= 11 is 1.28. The van der Waals surface area contributed by atoms with Gasteiger partial charge in [0.2, 0.25) is 0 Å². The molecule has 0 fully saturated rings. The minimum absolute atomic E-state index is 0.109. The summed E-state index contributed by atoms with van der Waals surface area (Å²) in [7, 11) is 1.63. The number of ether oxygens (including phenoxy) is 2. The van der Waals surface area contributed by atoms with Crippen LogP contribution < -0.4 is 14.9 Å². The van der Waals surface area contributed by atoms with E-state index >= 15 is 0 Å². The Bertz CT molecular complexity index is 1560. The molecule has 0 spiro atoms. The summed E-state index contributed by atoms with van der Waals surface area (Å²) in [5, 5.41) is 13.5. The van der Waals surface area contributed by atoms with Crippen LogP contribution in [0.4, 0.5) is 0 Å². The van der Waals surface area contributed by atoms with Crippen LogP contribution in [0, 0.1) is 0 Å². The molecule has 8 nitrogen and oxygen atoms in total. The number of nitrogens with zero attached hydrogens (tertiary/aromatic N) is 4. The lowest BCUT2D eigenvalue weighted by atomic mass is 10.2. The van der Waals surface area contributed by atoms with Gasteiger partial charge >= 0.3 is 0 Å². The molecule has 5 rings (SSSR count). The van der Waals surface area contributed by atoms with Crippen molar-refractivity contribution in [3.8, 4) is 34.3 Å². The predicted molar refractivity (Wildman–Crippen MR) is 153 cm³/mol. The second-order valence-electron chi connectivity index (χ2n) is 8.28. The van der Waals surface area contributed by atoms with Crippen LogP contribution in [-0.2, 0) is 4.79 Å². The Morgan fingerprint density at radius 3 is 2.33 bits per heavy atom. The summed E-state index contributed by atoms with van der Waals surface area (Å²) in [4.78, 5) is 12.6. The van der Waals surface area contributed by atoms with Crippen molar-refractivity contribution in [2.75, 3.05) is 12.9 Å². The third kappa shape index (κ3) is 6.71. The first-order chi connectivity index (χ1) is 19.2. The zero-order chi connectivity index (χ0) is 26.9. The molecule has 0 saturated carbocycles. The highest BCUT2D eigenvalue weighted by molar-refractivity contribution is 7.99. The Morgan fingerprint density at radius 1 is 0.872 bits per heavy atom. The van der Waals surface area contributed by atoms with Crippen LogP contribution in [0.25, 0.3) is 17.1 Å². The van der Waals surface area contributed by atoms with Crippen LogP contribution in [0.3, 0.4) is 0 Å². The molecule has 1 heterocycles. The van der Waals surface area contributed by atoms with Crippen molar-refractivity contribution in [1.29, 1.82) is 0 Å². The van der Waals surface area contributed by atoms with Crippen LogP contribution in [0.15, 0.2) is 119 Å². The first kappa shape index (κ1) is 25.7. The molecule has 0 aliphatic heterocycles. The van der Waals surface area contributed by atoms with Gasteiger partial charge in [0, 0.05) is 11.3 Å². The summed E-state index contributed by atoms with van der Waals surface area (Å²) in [6, 6.07) is 34.4. The number of methoxy groups -OCH3 is 1. The highest BCUT2D eigenvalue weighted by Crippen LogP contribution is 2.29. The molecule has 5 aromatic rings. The third-order valence-corrected chi connectivity index (χ3v) is 6.50. The standard InChI is InChI=1S/C30H25N5O3S/c1-37-25-17-15-24(16-18-25)35-29(23-10-4-2-5-11-23)33-34-30(35)39-21-28(36)32-31-20-22-9-8-14-27(19-22)38-26-12-6-3-7-13-26/h2-20H,21H2,1H3,(H,32,36)/b31-20+. The highest BCUT2D eigenvalue weighted by Gasteiger charge is 2.17. The molecule has 0 aliphatic rings. The van der Waals surface area contributed by atoms with Gasteiger partial charge in [-0.25, -0.2) is 5.43 Å². The second kappa shape index (κ2) is 12.6. The molecule has 194 valence electrons. The minimum Gasteiger partial charge on any atom is -0.497 e. The maximum Gasteiger partial charge on any atom is 0.250 e. The van der Waals surface area contributed by atoms with Gasteiger partial charge in [-0.05, 0) is 54.1 Å². The molecule has 0 bridgehead atoms. The first-order valence-electron chi connectivity index (χ1n) is 12.1. The van der Waals surface area contributed by atoms with Crippen LogP contribution in [-0.4, -0.2) is 39.7 Å². The molecule has 1 amide bonds. The van der Waals surface area contributed by atoms with E-state index in [2.05, 4.69) is 20.7 Å². The molecule has 0 saturated heterocycles. The van der Waals surface area contributed by atoms with Crippen molar-refractivity contribution in [3.05, 3.63) is 115 Å². The van der Waals surface area contributed by atoms with Crippen molar-refractivity contribution in [1.82, 2.24) is 20.2 Å². The number of hydrogen-bond donors (Lipinski definition) is 1. The van der Waals surface area contributed by atoms with Crippen LogP contribution >= 0.6 is 11.8 Å². The quantitative estimate of drug-likeness (QED) is 0.134. The molecular formula is C30H25N5O3S. The Kier molecular flexibility index (Phi) is 8.30. The van der Waals surface area contributed by atoms with Gasteiger partial charge in [0.1, 0.15) is 17.2 Å². The Balaban J connectivity index is 1.25. The van der Waals surface area contributed by atoms with Gasteiger partial charge in [0.25, 0.3) is 5.91 Å². The number of hydrazone groups is 1. The fraction of sp³-hybridized carbons (Fsp3) is 0.0667. The summed E-state index contributed by atoms with van der Waals surface area (Å²) in [6.45, 7) is 0. The van der Waals surface area contributed by atoms with Crippen molar-refractivity contribution in [3.63, 3.8) is 0 Å². The van der Waals surface area contributed by atoms with Gasteiger partial charge in [-0.15, -0.1) is 10.2 Å². The van der Waals surface area contributed by atoms with Gasteiger partial charge in [-0.2, -0.15) is 5.10 Å². The Labute approximate surface area is 230 Å². The van der Waals surface area contributed by atoms with E-state index in [1.54, 1.807) is 13.3 Å². The van der Waals surface area contributed by atoms with E-state index in [1.807, 2.05) is 114 Å². The lowest BCUT2D eigenvalue weighted by molar-refractivity contribution is -0.118. The van der Waals surface area contributed by atoms with Crippen molar-refractivity contribution < 1.29 is 14.3 Å². The van der Waals surface area contributed by atoms with E-state index in [4.69, 9.17) is 9.47 Å². The van der Waals surface area contributed by atoms with Crippen LogP contribution in [0.1, 0.15) is 5.56 Å². The molecule has 0 radical (unpaired) electrons. The third-order valence-electron chi connectivity index (χ3n) is 5.57. The van der Waals surface area contributed by atoms with Crippen molar-refractivity contribution in [2.24, 2.45) is 5.10 Å². The topological polar surface area (TPSA) is 90.6 Å². The number of aromatic nitrogens is 3. The molecule has 39 heavy (non-hydrogen) atoms. The molecule has 1 N–H and O–H groups in total. The summed E-state index contributed by atoms with van der Waals surface area (Å²) < 4.78 is 13.1. The maximum atomic E-state index is 12.6. The lowest BCUT2D eigenvalue weighted by Gasteiger charge is -2.11. The SMILES string of the molecule is COc1ccc(-n2c(SCC(=O)N/N=C/c3cccc(Oc4ccccc4)c3)nnc2-c2ccccc2)cc1.